The number of nitrogens with one attached hydrogen (secondary N) is 2. The third-order valence-corrected chi connectivity index (χ3v) is 3.55. The van der Waals surface area contributed by atoms with Crippen molar-refractivity contribution < 1.29 is 14.6 Å². The molecule has 24 heavy (non-hydrogen) atoms. The Kier molecular flexibility index (Phi) is 6.63. The average molecular weight is 328 g/mol. The molecule has 0 bridgehead atoms. The van der Waals surface area contributed by atoms with E-state index in [0.717, 1.165) is 22.6 Å². The lowest BCUT2D eigenvalue weighted by molar-refractivity contribution is -0.121. The van der Waals surface area contributed by atoms with Crippen molar-refractivity contribution in [3.63, 3.8) is 0 Å². The molecule has 0 aliphatic heterocycles. The Morgan fingerprint density at radius 3 is 2.75 bits per heavy atom. The Bertz CT molecular complexity index is 673. The fourth-order valence-corrected chi connectivity index (χ4v) is 2.28. The molecule has 5 nitrogen and oxygen atoms in total. The molecular weight excluding hydrogens is 304 g/mol. The van der Waals surface area contributed by atoms with E-state index >= 15 is 0 Å². The number of hydrogen-bond acceptors (Lipinski definition) is 4. The quantitative estimate of drug-likeness (QED) is 0.651. The van der Waals surface area contributed by atoms with Gasteiger partial charge in [0.15, 0.2) is 0 Å². The maximum Gasteiger partial charge on any atom is 0.242 e. The number of aliphatic hydroxyl groups excluding tert-OH is 1. The average Bonchev–Trinajstić information content (AvgIpc) is 2.58. The van der Waals surface area contributed by atoms with Crippen LogP contribution in [0.1, 0.15) is 18.1 Å². The van der Waals surface area contributed by atoms with Gasteiger partial charge in [-0.2, -0.15) is 0 Å². The summed E-state index contributed by atoms with van der Waals surface area (Å²) in [5.41, 5.74) is 2.75. The second kappa shape index (κ2) is 8.93. The summed E-state index contributed by atoms with van der Waals surface area (Å²) in [6.45, 7) is 4.64. The SMILES string of the molecule is Cc1cccc(OCCNC(=O)C(C)Nc2cccc(CO)c2)c1. The van der Waals surface area contributed by atoms with E-state index in [9.17, 15) is 4.79 Å². The molecule has 0 aliphatic carbocycles. The Morgan fingerprint density at radius 1 is 1.21 bits per heavy atom. The van der Waals surface area contributed by atoms with Crippen molar-refractivity contribution in [2.45, 2.75) is 26.5 Å². The van der Waals surface area contributed by atoms with Crippen molar-refractivity contribution in [1.82, 2.24) is 5.32 Å². The van der Waals surface area contributed by atoms with E-state index in [1.54, 1.807) is 6.92 Å². The normalized spacial score (nSPS) is 11.6. The standard InChI is InChI=1S/C19H24N2O3/c1-14-5-3-8-18(11-14)24-10-9-20-19(23)15(2)21-17-7-4-6-16(12-17)13-22/h3-8,11-12,15,21-22H,9-10,13H2,1-2H3,(H,20,23). The number of amides is 1. The van der Waals surface area contributed by atoms with Crippen LogP contribution < -0.4 is 15.4 Å². The number of rotatable bonds is 8. The zero-order chi connectivity index (χ0) is 17.4. The minimum absolute atomic E-state index is 0.0214. The van der Waals surface area contributed by atoms with Gasteiger partial charge in [0.25, 0.3) is 0 Å². The molecule has 0 aromatic heterocycles. The monoisotopic (exact) mass is 328 g/mol. The van der Waals surface area contributed by atoms with Crippen LogP contribution in [-0.2, 0) is 11.4 Å². The smallest absolute Gasteiger partial charge is 0.242 e. The van der Waals surface area contributed by atoms with Gasteiger partial charge in [-0.15, -0.1) is 0 Å². The summed E-state index contributed by atoms with van der Waals surface area (Å²) in [7, 11) is 0. The van der Waals surface area contributed by atoms with Crippen LogP contribution in [0.3, 0.4) is 0 Å². The highest BCUT2D eigenvalue weighted by Crippen LogP contribution is 2.12. The van der Waals surface area contributed by atoms with Gasteiger partial charge >= 0.3 is 0 Å². The van der Waals surface area contributed by atoms with E-state index in [2.05, 4.69) is 10.6 Å². The van der Waals surface area contributed by atoms with Crippen LogP contribution in [0.15, 0.2) is 48.5 Å². The summed E-state index contributed by atoms with van der Waals surface area (Å²) < 4.78 is 5.60. The number of aliphatic hydroxyl groups is 1. The van der Waals surface area contributed by atoms with Gasteiger partial charge in [-0.1, -0.05) is 24.3 Å². The molecule has 5 heteroatoms. The van der Waals surface area contributed by atoms with Crippen molar-refractivity contribution >= 4 is 11.6 Å². The van der Waals surface area contributed by atoms with Crippen LogP contribution in [0.25, 0.3) is 0 Å². The molecule has 0 saturated carbocycles. The van der Waals surface area contributed by atoms with Crippen LogP contribution in [0.5, 0.6) is 5.75 Å². The molecular formula is C19H24N2O3. The first kappa shape index (κ1) is 17.8. The summed E-state index contributed by atoms with van der Waals surface area (Å²) in [4.78, 5) is 12.1. The minimum Gasteiger partial charge on any atom is -0.492 e. The highest BCUT2D eigenvalue weighted by Gasteiger charge is 2.12. The maximum absolute atomic E-state index is 12.1. The fraction of sp³-hybridized carbons (Fsp3) is 0.316. The fourth-order valence-electron chi connectivity index (χ4n) is 2.28. The number of benzene rings is 2. The van der Waals surface area contributed by atoms with Crippen molar-refractivity contribution in [3.05, 3.63) is 59.7 Å². The summed E-state index contributed by atoms with van der Waals surface area (Å²) in [6, 6.07) is 14.8. The van der Waals surface area contributed by atoms with E-state index in [1.165, 1.54) is 0 Å². The van der Waals surface area contributed by atoms with Gasteiger partial charge in [0.2, 0.25) is 5.91 Å². The van der Waals surface area contributed by atoms with Gasteiger partial charge in [0.1, 0.15) is 18.4 Å². The van der Waals surface area contributed by atoms with Crippen molar-refractivity contribution in [1.29, 1.82) is 0 Å². The lowest BCUT2D eigenvalue weighted by Gasteiger charge is -2.16. The van der Waals surface area contributed by atoms with E-state index in [-0.39, 0.29) is 18.6 Å². The molecule has 2 aromatic carbocycles. The molecule has 0 aliphatic rings. The van der Waals surface area contributed by atoms with Crippen molar-refractivity contribution in [2.75, 3.05) is 18.5 Å². The van der Waals surface area contributed by atoms with Gasteiger partial charge in [0.05, 0.1) is 13.2 Å². The molecule has 1 amide bonds. The lowest BCUT2D eigenvalue weighted by Crippen LogP contribution is -2.39. The first-order chi connectivity index (χ1) is 11.6. The van der Waals surface area contributed by atoms with E-state index < -0.39 is 0 Å². The molecule has 1 atom stereocenters. The Morgan fingerprint density at radius 2 is 2.00 bits per heavy atom. The molecule has 0 saturated heterocycles. The van der Waals surface area contributed by atoms with Gasteiger partial charge in [-0.3, -0.25) is 4.79 Å². The molecule has 2 aromatic rings. The number of anilines is 1. The van der Waals surface area contributed by atoms with Gasteiger partial charge in [0, 0.05) is 5.69 Å². The molecule has 3 N–H and O–H groups in total. The maximum atomic E-state index is 12.1. The summed E-state index contributed by atoms with van der Waals surface area (Å²) in [5, 5.41) is 15.1. The van der Waals surface area contributed by atoms with Crippen molar-refractivity contribution in [3.8, 4) is 5.75 Å². The zero-order valence-electron chi connectivity index (χ0n) is 14.1. The molecule has 0 heterocycles. The molecule has 0 fully saturated rings. The highest BCUT2D eigenvalue weighted by molar-refractivity contribution is 5.84. The largest absolute Gasteiger partial charge is 0.492 e. The predicted molar refractivity (Wildman–Crippen MR) is 95.1 cm³/mol. The van der Waals surface area contributed by atoms with E-state index in [4.69, 9.17) is 9.84 Å². The van der Waals surface area contributed by atoms with Crippen molar-refractivity contribution in [2.24, 2.45) is 0 Å². The van der Waals surface area contributed by atoms with E-state index in [0.29, 0.717) is 13.2 Å². The molecule has 128 valence electrons. The van der Waals surface area contributed by atoms with Crippen LogP contribution in [0.2, 0.25) is 0 Å². The first-order valence-corrected chi connectivity index (χ1v) is 8.02. The van der Waals surface area contributed by atoms with Crippen LogP contribution >= 0.6 is 0 Å². The zero-order valence-corrected chi connectivity index (χ0v) is 14.1. The first-order valence-electron chi connectivity index (χ1n) is 8.02. The number of ether oxygens (including phenoxy) is 1. The molecule has 0 radical (unpaired) electrons. The Hall–Kier alpha value is -2.53. The van der Waals surface area contributed by atoms with E-state index in [1.807, 2.05) is 55.5 Å². The topological polar surface area (TPSA) is 70.6 Å². The molecule has 0 spiro atoms. The second-order valence-electron chi connectivity index (χ2n) is 5.68. The second-order valence-corrected chi connectivity index (χ2v) is 5.68. The number of carbonyl (C=O) groups excluding carboxylic acids is 1. The molecule has 2 rings (SSSR count). The number of hydrogen-bond donors (Lipinski definition) is 3. The minimum atomic E-state index is -0.377. The van der Waals surface area contributed by atoms with Gasteiger partial charge in [-0.05, 0) is 49.2 Å². The Labute approximate surface area is 142 Å². The van der Waals surface area contributed by atoms with Crippen LogP contribution in [0, 0.1) is 6.92 Å². The summed E-state index contributed by atoms with van der Waals surface area (Å²) in [5.74, 6) is 0.702. The van der Waals surface area contributed by atoms with Crippen LogP contribution in [-0.4, -0.2) is 30.2 Å². The highest BCUT2D eigenvalue weighted by atomic mass is 16.5. The number of carbonyl (C=O) groups is 1. The Balaban J connectivity index is 1.73. The third-order valence-electron chi connectivity index (χ3n) is 3.55. The number of aryl methyl sites for hydroxylation is 1. The summed E-state index contributed by atoms with van der Waals surface area (Å²) in [6.07, 6.45) is 0. The van der Waals surface area contributed by atoms with Gasteiger partial charge < -0.3 is 20.5 Å². The van der Waals surface area contributed by atoms with Crippen LogP contribution in [0.4, 0.5) is 5.69 Å². The predicted octanol–water partition coefficient (Wildman–Crippen LogP) is 2.48. The summed E-state index contributed by atoms with van der Waals surface area (Å²) >= 11 is 0. The lowest BCUT2D eigenvalue weighted by atomic mass is 10.2. The molecule has 1 unspecified atom stereocenters. The van der Waals surface area contributed by atoms with Gasteiger partial charge in [-0.25, -0.2) is 0 Å². The third kappa shape index (κ3) is 5.59.